The molecule has 0 aliphatic carbocycles. The lowest BCUT2D eigenvalue weighted by Gasteiger charge is -2.48. The highest BCUT2D eigenvalue weighted by atomic mass is 16.7. The maximum atomic E-state index is 14.5. The average molecular weight is 759 g/mol. The summed E-state index contributed by atoms with van der Waals surface area (Å²) < 4.78 is 39.3. The Morgan fingerprint density at radius 2 is 1.70 bits per heavy atom. The lowest BCUT2D eigenvalue weighted by Crippen LogP contribution is -2.60. The molecule has 4 heterocycles. The predicted octanol–water partition coefficient (Wildman–Crippen LogP) is 4.33. The fourth-order valence-corrected chi connectivity index (χ4v) is 9.62. The van der Waals surface area contributed by atoms with Gasteiger partial charge in [-0.2, -0.15) is 0 Å². The summed E-state index contributed by atoms with van der Waals surface area (Å²) in [6.07, 6.45) is -2.29. The fraction of sp³-hybridized carbons (Fsp3) is 0.786. The molecule has 0 saturated carbocycles. The van der Waals surface area contributed by atoms with E-state index in [1.54, 1.807) is 13.8 Å². The molecule has 12 nitrogen and oxygen atoms in total. The van der Waals surface area contributed by atoms with Crippen LogP contribution < -0.4 is 5.32 Å². The first kappa shape index (κ1) is 42.7. The number of hydrogen-bond donors (Lipinski definition) is 2. The van der Waals surface area contributed by atoms with Gasteiger partial charge in [0.1, 0.15) is 23.6 Å². The van der Waals surface area contributed by atoms with Gasteiger partial charge in [0.2, 0.25) is 0 Å². The number of rotatable bonds is 8. The first-order chi connectivity index (χ1) is 25.5. The highest BCUT2D eigenvalue weighted by Crippen LogP contribution is 2.46. The number of esters is 2. The maximum absolute atomic E-state index is 14.5. The summed E-state index contributed by atoms with van der Waals surface area (Å²) >= 11 is 0. The van der Waals surface area contributed by atoms with Crippen LogP contribution in [-0.2, 0) is 49.2 Å². The molecule has 0 radical (unpaired) electrons. The van der Waals surface area contributed by atoms with Crippen LogP contribution >= 0.6 is 0 Å². The summed E-state index contributed by atoms with van der Waals surface area (Å²) in [6, 6.07) is 9.77. The zero-order chi connectivity index (χ0) is 39.5. The summed E-state index contributed by atoms with van der Waals surface area (Å²) in [4.78, 5) is 43.7. The molecule has 4 fully saturated rings. The van der Waals surface area contributed by atoms with E-state index >= 15 is 0 Å². The Hall–Kier alpha value is -2.45. The molecule has 4 aliphatic rings. The van der Waals surface area contributed by atoms with E-state index in [2.05, 4.69) is 17.4 Å². The number of Topliss-reactive ketones (excluding diaryl/α,β-unsaturated/α-hetero) is 1. The van der Waals surface area contributed by atoms with Crippen LogP contribution in [0.4, 0.5) is 0 Å². The lowest BCUT2D eigenvalue weighted by molar-refractivity contribution is -0.302. The molecule has 304 valence electrons. The SMILES string of the molecule is CC[C@H]1OC(=O)[C@H](C)[C@H]2OCC(NCCc3ccccc3)CO[C@](C)(C[C@@H](C)C(=O)[C@H](C)[C@@H]3CC(=O)O[C@]13C)[C@H](O[C@@H]1O[C@H](C)C[C@H](N(C)C)[C@H]1O)[C@H]2C. The molecule has 15 atom stereocenters. The van der Waals surface area contributed by atoms with E-state index in [1.807, 2.05) is 78.7 Å². The van der Waals surface area contributed by atoms with Crippen molar-refractivity contribution in [2.75, 3.05) is 33.9 Å². The number of nitrogens with zero attached hydrogens (tertiary/aromatic N) is 1. The van der Waals surface area contributed by atoms with Gasteiger partial charge in [0.25, 0.3) is 0 Å². The van der Waals surface area contributed by atoms with Crippen molar-refractivity contribution < 1.29 is 47.9 Å². The molecule has 4 aliphatic heterocycles. The van der Waals surface area contributed by atoms with E-state index < -0.39 is 83.4 Å². The first-order valence-electron chi connectivity index (χ1n) is 20.1. The molecule has 0 spiro atoms. The van der Waals surface area contributed by atoms with E-state index in [9.17, 15) is 19.5 Å². The number of ketones is 1. The number of aliphatic hydroxyl groups excluding tert-OH is 1. The molecular weight excluding hydrogens is 692 g/mol. The number of aliphatic hydroxyl groups is 1. The molecule has 4 saturated heterocycles. The van der Waals surface area contributed by atoms with Gasteiger partial charge < -0.3 is 43.7 Å². The molecule has 12 heteroatoms. The monoisotopic (exact) mass is 758 g/mol. The summed E-state index contributed by atoms with van der Waals surface area (Å²) in [7, 11) is 3.85. The second kappa shape index (κ2) is 17.8. The highest BCUT2D eigenvalue weighted by molar-refractivity contribution is 5.85. The van der Waals surface area contributed by atoms with Gasteiger partial charge in [-0.1, -0.05) is 58.0 Å². The van der Waals surface area contributed by atoms with Gasteiger partial charge in [-0.3, -0.25) is 14.4 Å². The largest absolute Gasteiger partial charge is 0.458 e. The number of fused-ring (bicyclic) bond motifs is 4. The minimum atomic E-state index is -1.18. The summed E-state index contributed by atoms with van der Waals surface area (Å²) in [6.45, 7) is 16.3. The van der Waals surface area contributed by atoms with Crippen LogP contribution in [0.15, 0.2) is 30.3 Å². The number of likely N-dealkylation sites (N-methyl/N-ethyl adjacent to an activating group) is 1. The Morgan fingerprint density at radius 3 is 2.37 bits per heavy atom. The number of benzene rings is 1. The molecule has 2 N–H and O–H groups in total. The minimum Gasteiger partial charge on any atom is -0.458 e. The van der Waals surface area contributed by atoms with E-state index in [1.165, 1.54) is 5.56 Å². The summed E-state index contributed by atoms with van der Waals surface area (Å²) in [5.74, 6) is -3.78. The number of ether oxygens (including phenoxy) is 6. The molecule has 0 amide bonds. The van der Waals surface area contributed by atoms with Gasteiger partial charge in [0, 0.05) is 29.7 Å². The Bertz CT molecular complexity index is 1430. The van der Waals surface area contributed by atoms with Gasteiger partial charge in [-0.15, -0.1) is 0 Å². The molecule has 54 heavy (non-hydrogen) atoms. The summed E-state index contributed by atoms with van der Waals surface area (Å²) in [5, 5.41) is 15.3. The van der Waals surface area contributed by atoms with Crippen molar-refractivity contribution in [3.05, 3.63) is 35.9 Å². The lowest BCUT2D eigenvalue weighted by atomic mass is 9.70. The summed E-state index contributed by atoms with van der Waals surface area (Å²) in [5.41, 5.74) is -1.08. The number of carbonyl (C=O) groups excluding carboxylic acids is 3. The van der Waals surface area contributed by atoms with Gasteiger partial charge in [0.05, 0.1) is 55.5 Å². The Balaban J connectivity index is 1.57. The number of hydrogen-bond acceptors (Lipinski definition) is 12. The minimum absolute atomic E-state index is 0.0344. The molecule has 1 aromatic carbocycles. The number of nitrogens with one attached hydrogen (secondary N) is 1. The second-order valence-corrected chi connectivity index (χ2v) is 17.2. The third-order valence-corrected chi connectivity index (χ3v) is 12.8. The molecule has 0 aromatic heterocycles. The Kier molecular flexibility index (Phi) is 14.1. The van der Waals surface area contributed by atoms with E-state index in [0.29, 0.717) is 19.4 Å². The van der Waals surface area contributed by atoms with Crippen LogP contribution in [-0.4, -0.2) is 122 Å². The van der Waals surface area contributed by atoms with Gasteiger partial charge in [-0.25, -0.2) is 0 Å². The van der Waals surface area contributed by atoms with Gasteiger partial charge in [0.15, 0.2) is 6.29 Å². The van der Waals surface area contributed by atoms with Crippen molar-refractivity contribution in [3.8, 4) is 0 Å². The number of cyclic esters (lactones) is 1. The molecule has 2 bridgehead atoms. The zero-order valence-electron chi connectivity index (χ0n) is 34.1. The van der Waals surface area contributed by atoms with Crippen LogP contribution in [0, 0.1) is 29.6 Å². The second-order valence-electron chi connectivity index (χ2n) is 17.2. The van der Waals surface area contributed by atoms with Gasteiger partial charge >= 0.3 is 11.9 Å². The molecule has 1 unspecified atom stereocenters. The maximum Gasteiger partial charge on any atom is 0.311 e. The quantitative estimate of drug-likeness (QED) is 0.365. The zero-order valence-corrected chi connectivity index (χ0v) is 34.1. The van der Waals surface area contributed by atoms with Crippen LogP contribution in [0.1, 0.15) is 86.6 Å². The van der Waals surface area contributed by atoms with E-state index in [-0.39, 0.29) is 50.0 Å². The van der Waals surface area contributed by atoms with Crippen LogP contribution in [0.3, 0.4) is 0 Å². The molecule has 5 rings (SSSR count). The normalized spacial score (nSPS) is 42.7. The van der Waals surface area contributed by atoms with E-state index in [0.717, 1.165) is 6.42 Å². The van der Waals surface area contributed by atoms with Crippen molar-refractivity contribution in [3.63, 3.8) is 0 Å². The first-order valence-corrected chi connectivity index (χ1v) is 20.1. The Labute approximate surface area is 322 Å². The van der Waals surface area contributed by atoms with Crippen LogP contribution in [0.5, 0.6) is 0 Å². The fourth-order valence-electron chi connectivity index (χ4n) is 9.62. The van der Waals surface area contributed by atoms with Crippen molar-refractivity contribution in [1.82, 2.24) is 10.2 Å². The van der Waals surface area contributed by atoms with Crippen LogP contribution in [0.2, 0.25) is 0 Å². The average Bonchev–Trinajstić information content (AvgIpc) is 3.46. The van der Waals surface area contributed by atoms with Crippen molar-refractivity contribution in [1.29, 1.82) is 0 Å². The third-order valence-electron chi connectivity index (χ3n) is 12.8. The van der Waals surface area contributed by atoms with E-state index in [4.69, 9.17) is 28.4 Å². The Morgan fingerprint density at radius 1 is 1.00 bits per heavy atom. The smallest absolute Gasteiger partial charge is 0.311 e. The van der Waals surface area contributed by atoms with Crippen molar-refractivity contribution >= 4 is 17.7 Å². The van der Waals surface area contributed by atoms with Crippen molar-refractivity contribution in [2.45, 2.75) is 148 Å². The van der Waals surface area contributed by atoms with Crippen molar-refractivity contribution in [2.24, 2.45) is 29.6 Å². The predicted molar refractivity (Wildman–Crippen MR) is 202 cm³/mol. The molecule has 1 aromatic rings. The van der Waals surface area contributed by atoms with Gasteiger partial charge in [-0.05, 0) is 79.6 Å². The standard InChI is InChI=1S/C42H66N2O10/c1-11-33-42(8)31(20-34(45)54-42)26(4)35(46)24(2)21-41(7)38(53-40-36(47)32(44(9)10)19-25(3)51-40)27(5)37(28(6)39(48)52-33)49-22-30(23-50-41)43-18-17-29-15-13-12-14-16-29/h12-16,24-28,30-33,36-38,40,43,47H,11,17-23H2,1-10H3/t24-,25-,26-,27+,28-,30?,31+,32+,33-,36-,37+,38-,40+,41-,42+/m1/s1. The molecular formula is C42H66N2O10. The van der Waals surface area contributed by atoms with Crippen LogP contribution in [0.25, 0.3) is 0 Å². The number of carbonyl (C=O) groups is 3. The third kappa shape index (κ3) is 9.22. The highest BCUT2D eigenvalue weighted by Gasteiger charge is 2.57. The topological polar surface area (TPSA) is 142 Å².